The molecule has 12 heteroatoms. The van der Waals surface area contributed by atoms with Gasteiger partial charge in [-0.1, -0.05) is 12.1 Å². The van der Waals surface area contributed by atoms with E-state index >= 15 is 0 Å². The van der Waals surface area contributed by atoms with Crippen molar-refractivity contribution >= 4 is 27.3 Å². The quantitative estimate of drug-likeness (QED) is 0.632. The van der Waals surface area contributed by atoms with Crippen LogP contribution in [0.1, 0.15) is 5.56 Å². The van der Waals surface area contributed by atoms with Gasteiger partial charge in [0.05, 0.1) is 10.5 Å². The predicted octanol–water partition coefficient (Wildman–Crippen LogP) is 2.74. The van der Waals surface area contributed by atoms with Crippen molar-refractivity contribution in [3.05, 3.63) is 66.7 Å². The minimum absolute atomic E-state index is 0.126. The molecular weight excluding hydrogens is 411 g/mol. The molecule has 8 nitrogen and oxygen atoms in total. The second-order valence-electron chi connectivity index (χ2n) is 5.85. The van der Waals surface area contributed by atoms with Crippen LogP contribution in [0.25, 0.3) is 0 Å². The molecule has 0 bridgehead atoms. The first-order valence-electron chi connectivity index (χ1n) is 8.06. The van der Waals surface area contributed by atoms with Crippen LogP contribution >= 0.6 is 0 Å². The van der Waals surface area contributed by atoms with Gasteiger partial charge in [-0.2, -0.15) is 18.3 Å². The molecule has 0 aliphatic heterocycles. The number of hydrogen-bond acceptors (Lipinski definition) is 5. The van der Waals surface area contributed by atoms with Crippen LogP contribution in [0.2, 0.25) is 0 Å². The molecule has 29 heavy (non-hydrogen) atoms. The number of sulfonamides is 1. The Morgan fingerprint density at radius 1 is 1.07 bits per heavy atom. The lowest BCUT2D eigenvalue weighted by molar-refractivity contribution is -0.137. The van der Waals surface area contributed by atoms with Crippen molar-refractivity contribution in [3.63, 3.8) is 0 Å². The average molecular weight is 425 g/mol. The average Bonchev–Trinajstić information content (AvgIpc) is 3.14. The lowest BCUT2D eigenvalue weighted by atomic mass is 10.2. The van der Waals surface area contributed by atoms with Crippen molar-refractivity contribution in [3.8, 4) is 0 Å². The number of nitrogens with zero attached hydrogens (tertiary/aromatic N) is 3. The first-order chi connectivity index (χ1) is 13.6. The van der Waals surface area contributed by atoms with E-state index in [0.29, 0.717) is 6.07 Å². The SMILES string of the molecule is O=C(Cn1cncn1)Nc1cccc(S(=O)(=O)Nc2cccc(C(F)(F)F)c2)c1. The summed E-state index contributed by atoms with van der Waals surface area (Å²) in [6, 6.07) is 9.15. The number of rotatable bonds is 6. The molecular formula is C17H14F3N5O3S. The molecule has 0 aliphatic carbocycles. The van der Waals surface area contributed by atoms with Crippen molar-refractivity contribution in [2.75, 3.05) is 10.0 Å². The molecule has 3 rings (SSSR count). The van der Waals surface area contributed by atoms with E-state index in [1.165, 1.54) is 47.7 Å². The summed E-state index contributed by atoms with van der Waals surface area (Å²) in [5.74, 6) is -0.462. The van der Waals surface area contributed by atoms with Crippen molar-refractivity contribution in [2.24, 2.45) is 0 Å². The van der Waals surface area contributed by atoms with E-state index in [0.717, 1.165) is 12.1 Å². The second kappa shape index (κ2) is 7.91. The summed E-state index contributed by atoms with van der Waals surface area (Å²) in [6.07, 6.45) is -1.99. The maximum atomic E-state index is 12.8. The van der Waals surface area contributed by atoms with E-state index in [1.807, 2.05) is 0 Å². The van der Waals surface area contributed by atoms with E-state index in [9.17, 15) is 26.4 Å². The summed E-state index contributed by atoms with van der Waals surface area (Å²) in [4.78, 5) is 15.5. The fraction of sp³-hybridized carbons (Fsp3) is 0.118. The van der Waals surface area contributed by atoms with E-state index < -0.39 is 27.7 Å². The molecule has 0 saturated heterocycles. The van der Waals surface area contributed by atoms with Crippen LogP contribution in [0.3, 0.4) is 0 Å². The smallest absolute Gasteiger partial charge is 0.324 e. The monoisotopic (exact) mass is 425 g/mol. The summed E-state index contributed by atoms with van der Waals surface area (Å²) in [7, 11) is -4.18. The van der Waals surface area contributed by atoms with Gasteiger partial charge >= 0.3 is 6.18 Å². The Labute approximate surface area is 163 Å². The first kappa shape index (κ1) is 20.3. The van der Waals surface area contributed by atoms with Crippen LogP contribution in [-0.2, 0) is 27.5 Å². The predicted molar refractivity (Wildman–Crippen MR) is 97.3 cm³/mol. The van der Waals surface area contributed by atoms with Gasteiger partial charge in [0.15, 0.2) is 0 Å². The number of carbonyl (C=O) groups is 1. The van der Waals surface area contributed by atoms with Crippen LogP contribution in [0, 0.1) is 0 Å². The molecule has 0 atom stereocenters. The Bertz CT molecular complexity index is 1120. The van der Waals surface area contributed by atoms with Crippen LogP contribution in [0.15, 0.2) is 66.1 Å². The third kappa shape index (κ3) is 5.31. The molecule has 0 fully saturated rings. The topological polar surface area (TPSA) is 106 Å². The lowest BCUT2D eigenvalue weighted by Gasteiger charge is -2.12. The van der Waals surface area contributed by atoms with Gasteiger partial charge in [-0.05, 0) is 36.4 Å². The van der Waals surface area contributed by atoms with Crippen LogP contribution in [-0.4, -0.2) is 29.1 Å². The Hall–Kier alpha value is -3.41. The van der Waals surface area contributed by atoms with E-state index in [2.05, 4.69) is 20.1 Å². The Morgan fingerprint density at radius 3 is 2.48 bits per heavy atom. The molecule has 0 saturated carbocycles. The zero-order valence-electron chi connectivity index (χ0n) is 14.6. The van der Waals surface area contributed by atoms with Crippen LogP contribution in [0.5, 0.6) is 0 Å². The van der Waals surface area contributed by atoms with Gasteiger partial charge in [0, 0.05) is 11.4 Å². The van der Waals surface area contributed by atoms with Crippen LogP contribution < -0.4 is 10.0 Å². The largest absolute Gasteiger partial charge is 0.416 e. The number of amides is 1. The molecule has 2 N–H and O–H groups in total. The Balaban J connectivity index is 1.76. The maximum Gasteiger partial charge on any atom is 0.416 e. The summed E-state index contributed by atoms with van der Waals surface area (Å²) < 4.78 is 66.9. The summed E-state index contributed by atoms with van der Waals surface area (Å²) in [6.45, 7) is -0.126. The molecule has 1 amide bonds. The van der Waals surface area contributed by atoms with Gasteiger partial charge in [0.1, 0.15) is 19.2 Å². The fourth-order valence-corrected chi connectivity index (χ4v) is 3.47. The first-order valence-corrected chi connectivity index (χ1v) is 9.54. The van der Waals surface area contributed by atoms with Crippen LogP contribution in [0.4, 0.5) is 24.5 Å². The molecule has 152 valence electrons. The normalized spacial score (nSPS) is 11.8. The number of benzene rings is 2. The molecule has 2 aromatic carbocycles. The maximum absolute atomic E-state index is 12.8. The highest BCUT2D eigenvalue weighted by molar-refractivity contribution is 7.92. The third-order valence-corrected chi connectivity index (χ3v) is 5.02. The van der Waals surface area contributed by atoms with Gasteiger partial charge in [-0.3, -0.25) is 9.52 Å². The number of carbonyl (C=O) groups excluding carboxylic acids is 1. The highest BCUT2D eigenvalue weighted by Gasteiger charge is 2.30. The van der Waals surface area contributed by atoms with Gasteiger partial charge < -0.3 is 5.32 Å². The molecule has 0 aliphatic rings. The number of halogens is 3. The second-order valence-corrected chi connectivity index (χ2v) is 7.54. The highest BCUT2D eigenvalue weighted by Crippen LogP contribution is 2.31. The number of anilines is 2. The van der Waals surface area contributed by atoms with Gasteiger partial charge in [0.2, 0.25) is 5.91 Å². The van der Waals surface area contributed by atoms with E-state index in [4.69, 9.17) is 0 Å². The molecule has 3 aromatic rings. The summed E-state index contributed by atoms with van der Waals surface area (Å²) >= 11 is 0. The van der Waals surface area contributed by atoms with Gasteiger partial charge in [0.25, 0.3) is 10.0 Å². The molecule has 0 radical (unpaired) electrons. The van der Waals surface area contributed by atoms with Gasteiger partial charge in [-0.25, -0.2) is 18.1 Å². The van der Waals surface area contributed by atoms with E-state index in [-0.39, 0.29) is 22.8 Å². The fourth-order valence-electron chi connectivity index (χ4n) is 2.38. The Morgan fingerprint density at radius 2 is 1.79 bits per heavy atom. The molecule has 1 heterocycles. The number of hydrogen-bond donors (Lipinski definition) is 2. The van der Waals surface area contributed by atoms with Gasteiger partial charge in [-0.15, -0.1) is 0 Å². The number of aromatic nitrogens is 3. The van der Waals surface area contributed by atoms with Crippen molar-refractivity contribution in [1.82, 2.24) is 14.8 Å². The van der Waals surface area contributed by atoms with E-state index in [1.54, 1.807) is 0 Å². The minimum atomic E-state index is -4.60. The van der Waals surface area contributed by atoms with Crippen molar-refractivity contribution in [2.45, 2.75) is 17.6 Å². The lowest BCUT2D eigenvalue weighted by Crippen LogP contribution is -2.19. The molecule has 0 spiro atoms. The highest BCUT2D eigenvalue weighted by atomic mass is 32.2. The molecule has 1 aromatic heterocycles. The van der Waals surface area contributed by atoms with Crippen molar-refractivity contribution < 1.29 is 26.4 Å². The summed E-state index contributed by atoms with van der Waals surface area (Å²) in [5, 5.41) is 6.30. The van der Waals surface area contributed by atoms with Crippen molar-refractivity contribution in [1.29, 1.82) is 0 Å². The zero-order chi connectivity index (χ0) is 21.1. The Kier molecular flexibility index (Phi) is 5.55. The minimum Gasteiger partial charge on any atom is -0.324 e. The third-order valence-electron chi connectivity index (χ3n) is 3.64. The number of nitrogens with one attached hydrogen (secondary N) is 2. The zero-order valence-corrected chi connectivity index (χ0v) is 15.4. The molecule has 0 unspecified atom stereocenters. The number of alkyl halides is 3. The standard InChI is InChI=1S/C17H14F3N5O3S/c18-17(19,20)12-3-1-5-14(7-12)24-29(27,28)15-6-2-4-13(8-15)23-16(26)9-25-11-21-10-22-25/h1-8,10-11,24H,9H2,(H,23,26). The summed E-state index contributed by atoms with van der Waals surface area (Å²) in [5.41, 5.74) is -1.02.